The molecule has 1 fully saturated rings. The summed E-state index contributed by atoms with van der Waals surface area (Å²) in [4.78, 5) is 14.7. The van der Waals surface area contributed by atoms with Gasteiger partial charge in [0.05, 0.1) is 17.1 Å². The van der Waals surface area contributed by atoms with E-state index in [2.05, 4.69) is 34.5 Å². The first-order valence-corrected chi connectivity index (χ1v) is 11.2. The molecule has 1 saturated heterocycles. The van der Waals surface area contributed by atoms with Gasteiger partial charge in [-0.15, -0.1) is 0 Å². The predicted octanol–water partition coefficient (Wildman–Crippen LogP) is 2.98. The third-order valence-electron chi connectivity index (χ3n) is 5.00. The highest BCUT2D eigenvalue weighted by Crippen LogP contribution is 2.23. The molecule has 0 spiro atoms. The molecule has 1 aliphatic heterocycles. The van der Waals surface area contributed by atoms with Crippen LogP contribution in [0.3, 0.4) is 0 Å². The molecular formula is C21H26N2O3S. The Morgan fingerprint density at radius 3 is 2.33 bits per heavy atom. The quantitative estimate of drug-likeness (QED) is 0.829. The Balaban J connectivity index is 1.50. The van der Waals surface area contributed by atoms with Crippen LogP contribution in [0, 0.1) is 5.92 Å². The average molecular weight is 387 g/mol. The van der Waals surface area contributed by atoms with Gasteiger partial charge in [-0.25, -0.2) is 8.42 Å². The van der Waals surface area contributed by atoms with E-state index in [9.17, 15) is 13.2 Å². The monoisotopic (exact) mass is 386 g/mol. The molecule has 6 heteroatoms. The molecule has 0 saturated carbocycles. The van der Waals surface area contributed by atoms with Crippen molar-refractivity contribution < 1.29 is 13.2 Å². The zero-order valence-corrected chi connectivity index (χ0v) is 16.4. The number of carbonyl (C=O) groups excluding carboxylic acids is 1. The molecule has 1 heterocycles. The molecule has 3 rings (SSSR count). The van der Waals surface area contributed by atoms with Crippen molar-refractivity contribution in [2.45, 2.75) is 24.2 Å². The third kappa shape index (κ3) is 5.65. The van der Waals surface area contributed by atoms with Crippen molar-refractivity contribution in [3.8, 4) is 0 Å². The molecular weight excluding hydrogens is 360 g/mol. The van der Waals surface area contributed by atoms with Crippen molar-refractivity contribution in [1.82, 2.24) is 4.90 Å². The Bertz CT molecular complexity index is 873. The molecule has 2 aromatic carbocycles. The van der Waals surface area contributed by atoms with E-state index in [1.165, 1.54) is 11.6 Å². The first-order chi connectivity index (χ1) is 12.9. The summed E-state index contributed by atoms with van der Waals surface area (Å²) in [6.07, 6.45) is 4.38. The summed E-state index contributed by atoms with van der Waals surface area (Å²) in [5, 5.41) is 2.76. The van der Waals surface area contributed by atoms with Gasteiger partial charge in [-0.3, -0.25) is 9.69 Å². The fraction of sp³-hybridized carbons (Fsp3) is 0.381. The molecule has 0 radical (unpaired) electrons. The summed E-state index contributed by atoms with van der Waals surface area (Å²) in [6, 6.07) is 17.0. The number of piperidine rings is 1. The van der Waals surface area contributed by atoms with Crippen molar-refractivity contribution in [3.05, 3.63) is 60.2 Å². The van der Waals surface area contributed by atoms with Crippen LogP contribution in [0.5, 0.6) is 0 Å². The number of nitrogens with one attached hydrogen (secondary N) is 1. The number of para-hydroxylation sites is 1. The van der Waals surface area contributed by atoms with Gasteiger partial charge in [-0.05, 0) is 56.0 Å². The third-order valence-corrected chi connectivity index (χ3v) is 6.16. The van der Waals surface area contributed by atoms with Crippen LogP contribution >= 0.6 is 0 Å². The number of hydrogen-bond donors (Lipinski definition) is 1. The lowest BCUT2D eigenvalue weighted by Crippen LogP contribution is -2.39. The van der Waals surface area contributed by atoms with Crippen LogP contribution in [0.4, 0.5) is 5.69 Å². The lowest BCUT2D eigenvalue weighted by molar-refractivity contribution is -0.117. The molecule has 0 unspecified atom stereocenters. The van der Waals surface area contributed by atoms with E-state index in [1.54, 1.807) is 18.2 Å². The van der Waals surface area contributed by atoms with Crippen molar-refractivity contribution in [1.29, 1.82) is 0 Å². The smallest absolute Gasteiger partial charge is 0.238 e. The molecule has 0 aliphatic carbocycles. The fourth-order valence-electron chi connectivity index (χ4n) is 3.58. The minimum Gasteiger partial charge on any atom is -0.324 e. The number of rotatable bonds is 6. The maximum atomic E-state index is 12.4. The highest BCUT2D eigenvalue weighted by Gasteiger charge is 2.22. The van der Waals surface area contributed by atoms with Gasteiger partial charge >= 0.3 is 0 Å². The van der Waals surface area contributed by atoms with Crippen LogP contribution in [0.25, 0.3) is 0 Å². The molecule has 0 bridgehead atoms. The van der Waals surface area contributed by atoms with Crippen molar-refractivity contribution >= 4 is 21.4 Å². The van der Waals surface area contributed by atoms with Gasteiger partial charge in [-0.1, -0.05) is 42.5 Å². The molecule has 1 amide bonds. The lowest BCUT2D eigenvalue weighted by Gasteiger charge is -2.31. The second kappa shape index (κ2) is 8.67. The molecule has 1 aliphatic rings. The summed E-state index contributed by atoms with van der Waals surface area (Å²) in [6.45, 7) is 2.06. The van der Waals surface area contributed by atoms with Crippen LogP contribution in [0.1, 0.15) is 18.4 Å². The molecule has 2 aromatic rings. The first-order valence-electron chi connectivity index (χ1n) is 9.27. The van der Waals surface area contributed by atoms with Crippen molar-refractivity contribution in [3.63, 3.8) is 0 Å². The van der Waals surface area contributed by atoms with Gasteiger partial charge in [0.15, 0.2) is 9.84 Å². The van der Waals surface area contributed by atoms with E-state index in [-0.39, 0.29) is 17.3 Å². The molecule has 0 atom stereocenters. The van der Waals surface area contributed by atoms with Gasteiger partial charge in [0.25, 0.3) is 0 Å². The highest BCUT2D eigenvalue weighted by molar-refractivity contribution is 7.90. The zero-order chi connectivity index (χ0) is 19.3. The summed E-state index contributed by atoms with van der Waals surface area (Å²) in [7, 11) is -3.38. The summed E-state index contributed by atoms with van der Waals surface area (Å²) >= 11 is 0. The van der Waals surface area contributed by atoms with Gasteiger partial charge in [0.2, 0.25) is 5.91 Å². The maximum absolute atomic E-state index is 12.4. The van der Waals surface area contributed by atoms with Crippen LogP contribution < -0.4 is 5.32 Å². The van der Waals surface area contributed by atoms with E-state index < -0.39 is 9.84 Å². The van der Waals surface area contributed by atoms with Crippen LogP contribution in [0.15, 0.2) is 59.5 Å². The summed E-state index contributed by atoms with van der Waals surface area (Å²) in [5.74, 6) is 0.477. The number of sulfone groups is 1. The van der Waals surface area contributed by atoms with Gasteiger partial charge in [0, 0.05) is 6.26 Å². The number of hydrogen-bond acceptors (Lipinski definition) is 4. The number of likely N-dealkylation sites (tertiary alicyclic amines) is 1. The normalized spacial score (nSPS) is 16.2. The van der Waals surface area contributed by atoms with Crippen LogP contribution in [-0.2, 0) is 21.1 Å². The molecule has 144 valence electrons. The second-order valence-corrected chi connectivity index (χ2v) is 9.21. The Morgan fingerprint density at radius 1 is 1.04 bits per heavy atom. The topological polar surface area (TPSA) is 66.5 Å². The molecule has 0 aromatic heterocycles. The first kappa shape index (κ1) is 19.6. The fourth-order valence-corrected chi connectivity index (χ4v) is 4.43. The van der Waals surface area contributed by atoms with E-state index in [0.29, 0.717) is 11.6 Å². The Labute approximate surface area is 161 Å². The number of carbonyl (C=O) groups is 1. The molecule has 1 N–H and O–H groups in total. The minimum atomic E-state index is -3.38. The highest BCUT2D eigenvalue weighted by atomic mass is 32.2. The Hall–Kier alpha value is -2.18. The van der Waals surface area contributed by atoms with E-state index in [1.807, 2.05) is 6.07 Å². The zero-order valence-electron chi connectivity index (χ0n) is 15.6. The van der Waals surface area contributed by atoms with Crippen LogP contribution in [0.2, 0.25) is 0 Å². The number of anilines is 1. The van der Waals surface area contributed by atoms with E-state index >= 15 is 0 Å². The van der Waals surface area contributed by atoms with E-state index in [0.717, 1.165) is 38.6 Å². The van der Waals surface area contributed by atoms with Gasteiger partial charge in [0.1, 0.15) is 0 Å². The Kier molecular flexibility index (Phi) is 6.29. The molecule has 5 nitrogen and oxygen atoms in total. The largest absolute Gasteiger partial charge is 0.324 e. The average Bonchev–Trinajstić information content (AvgIpc) is 2.64. The Morgan fingerprint density at radius 2 is 1.67 bits per heavy atom. The molecule has 27 heavy (non-hydrogen) atoms. The standard InChI is InChI=1S/C21H26N2O3S/c1-27(25,26)20-10-6-5-9-19(20)22-21(24)16-23-13-11-18(12-14-23)15-17-7-3-2-4-8-17/h2-10,18H,11-16H2,1H3,(H,22,24). The summed E-state index contributed by atoms with van der Waals surface area (Å²) < 4.78 is 23.7. The van der Waals surface area contributed by atoms with Crippen molar-refractivity contribution in [2.75, 3.05) is 31.2 Å². The predicted molar refractivity (Wildman–Crippen MR) is 107 cm³/mol. The van der Waals surface area contributed by atoms with Crippen molar-refractivity contribution in [2.24, 2.45) is 5.92 Å². The van der Waals surface area contributed by atoms with Gasteiger partial charge in [-0.2, -0.15) is 0 Å². The van der Waals surface area contributed by atoms with E-state index in [4.69, 9.17) is 0 Å². The van der Waals surface area contributed by atoms with Gasteiger partial charge < -0.3 is 5.32 Å². The minimum absolute atomic E-state index is 0.153. The number of nitrogens with zero attached hydrogens (tertiary/aromatic N) is 1. The SMILES string of the molecule is CS(=O)(=O)c1ccccc1NC(=O)CN1CCC(Cc2ccccc2)CC1. The maximum Gasteiger partial charge on any atom is 0.238 e. The lowest BCUT2D eigenvalue weighted by atomic mass is 9.90. The number of benzene rings is 2. The second-order valence-electron chi connectivity index (χ2n) is 7.23. The summed E-state index contributed by atoms with van der Waals surface area (Å²) in [5.41, 5.74) is 1.72. The van der Waals surface area contributed by atoms with Crippen LogP contribution in [-0.4, -0.2) is 45.1 Å². The number of amides is 1.